The number of ether oxygens (including phenoxy) is 1. The minimum Gasteiger partial charge on any atom is -0.496 e. The Bertz CT molecular complexity index is 349. The molecular formula is C9H12BrClN2OS. The lowest BCUT2D eigenvalue weighted by Crippen LogP contribution is -2.04. The number of amidine groups is 1. The minimum absolute atomic E-state index is 0. The van der Waals surface area contributed by atoms with E-state index in [4.69, 9.17) is 15.9 Å². The Morgan fingerprint density at radius 1 is 1.60 bits per heavy atom. The van der Waals surface area contributed by atoms with Crippen molar-refractivity contribution in [3.63, 3.8) is 0 Å². The zero-order valence-corrected chi connectivity index (χ0v) is 11.3. The van der Waals surface area contributed by atoms with E-state index in [1.165, 1.54) is 11.8 Å². The van der Waals surface area contributed by atoms with Crippen LogP contribution in [0.4, 0.5) is 0 Å². The highest BCUT2D eigenvalue weighted by atomic mass is 79.9. The third kappa shape index (κ3) is 4.77. The van der Waals surface area contributed by atoms with Crippen LogP contribution in [0.15, 0.2) is 22.7 Å². The molecule has 0 aliphatic rings. The van der Waals surface area contributed by atoms with Crippen LogP contribution in [0.1, 0.15) is 5.56 Å². The van der Waals surface area contributed by atoms with E-state index in [0.29, 0.717) is 5.75 Å². The van der Waals surface area contributed by atoms with Crippen LogP contribution < -0.4 is 10.5 Å². The Morgan fingerprint density at radius 3 is 2.80 bits per heavy atom. The van der Waals surface area contributed by atoms with Crippen LogP contribution in [0.3, 0.4) is 0 Å². The second kappa shape index (κ2) is 6.98. The van der Waals surface area contributed by atoms with Crippen molar-refractivity contribution in [2.75, 3.05) is 7.11 Å². The highest BCUT2D eigenvalue weighted by molar-refractivity contribution is 9.10. The van der Waals surface area contributed by atoms with Gasteiger partial charge in [-0.3, -0.25) is 5.41 Å². The number of thioether (sulfide) groups is 1. The van der Waals surface area contributed by atoms with Gasteiger partial charge in [0, 0.05) is 15.8 Å². The number of hydrogen-bond acceptors (Lipinski definition) is 3. The van der Waals surface area contributed by atoms with E-state index in [2.05, 4.69) is 15.9 Å². The molecule has 0 aliphatic carbocycles. The van der Waals surface area contributed by atoms with Crippen LogP contribution >= 0.6 is 40.1 Å². The number of methoxy groups -OCH3 is 1. The van der Waals surface area contributed by atoms with Gasteiger partial charge in [-0.2, -0.15) is 0 Å². The Kier molecular flexibility index (Phi) is 6.80. The summed E-state index contributed by atoms with van der Waals surface area (Å²) in [4.78, 5) is 0. The molecule has 6 heteroatoms. The van der Waals surface area contributed by atoms with Gasteiger partial charge in [-0.05, 0) is 18.2 Å². The second-order valence-electron chi connectivity index (χ2n) is 2.61. The van der Waals surface area contributed by atoms with Crippen LogP contribution in [-0.2, 0) is 5.75 Å². The number of rotatable bonds is 3. The lowest BCUT2D eigenvalue weighted by atomic mass is 10.2. The van der Waals surface area contributed by atoms with E-state index in [-0.39, 0.29) is 17.6 Å². The molecule has 0 heterocycles. The molecule has 0 fully saturated rings. The topological polar surface area (TPSA) is 59.1 Å². The summed E-state index contributed by atoms with van der Waals surface area (Å²) in [7, 11) is 1.63. The summed E-state index contributed by atoms with van der Waals surface area (Å²) in [5, 5.41) is 7.23. The third-order valence-electron chi connectivity index (χ3n) is 1.63. The van der Waals surface area contributed by atoms with Gasteiger partial charge in [0.25, 0.3) is 0 Å². The minimum atomic E-state index is 0. The molecule has 0 aliphatic heterocycles. The molecule has 15 heavy (non-hydrogen) atoms. The van der Waals surface area contributed by atoms with Crippen molar-refractivity contribution >= 4 is 45.3 Å². The van der Waals surface area contributed by atoms with Gasteiger partial charge in [0.1, 0.15) is 5.75 Å². The summed E-state index contributed by atoms with van der Waals surface area (Å²) in [6.07, 6.45) is 0. The van der Waals surface area contributed by atoms with E-state index >= 15 is 0 Å². The first-order valence-electron chi connectivity index (χ1n) is 3.92. The largest absolute Gasteiger partial charge is 0.496 e. The molecule has 0 aromatic heterocycles. The first-order valence-corrected chi connectivity index (χ1v) is 5.70. The number of halogens is 2. The van der Waals surface area contributed by atoms with Gasteiger partial charge in [0.15, 0.2) is 5.17 Å². The van der Waals surface area contributed by atoms with E-state index < -0.39 is 0 Å². The average Bonchev–Trinajstić information content (AvgIpc) is 2.15. The molecule has 1 aromatic rings. The Labute approximate surface area is 108 Å². The molecule has 0 saturated carbocycles. The number of nitrogens with two attached hydrogens (primary N) is 1. The van der Waals surface area contributed by atoms with Crippen molar-refractivity contribution in [2.45, 2.75) is 5.75 Å². The predicted octanol–water partition coefficient (Wildman–Crippen LogP) is 3.01. The Balaban J connectivity index is 0.00000196. The zero-order valence-electron chi connectivity index (χ0n) is 8.12. The fourth-order valence-corrected chi connectivity index (χ4v) is 1.96. The predicted molar refractivity (Wildman–Crippen MR) is 71.2 cm³/mol. The van der Waals surface area contributed by atoms with Gasteiger partial charge in [0.05, 0.1) is 7.11 Å². The third-order valence-corrected chi connectivity index (χ3v) is 2.89. The number of nitrogens with one attached hydrogen (secondary N) is 1. The highest BCUT2D eigenvalue weighted by Gasteiger charge is 2.04. The van der Waals surface area contributed by atoms with Gasteiger partial charge >= 0.3 is 0 Å². The molecule has 0 amide bonds. The molecule has 0 bridgehead atoms. The van der Waals surface area contributed by atoms with Crippen molar-refractivity contribution in [3.8, 4) is 5.75 Å². The van der Waals surface area contributed by atoms with Gasteiger partial charge < -0.3 is 10.5 Å². The number of hydrogen-bond donors (Lipinski definition) is 2. The molecule has 1 aromatic carbocycles. The molecular weight excluding hydrogens is 300 g/mol. The summed E-state index contributed by atoms with van der Waals surface area (Å²) in [6.45, 7) is 0. The fourth-order valence-electron chi connectivity index (χ4n) is 1.02. The standard InChI is InChI=1S/C9H11BrN2OS.ClH/c1-13-8-3-2-7(10)4-6(8)5-14-9(11)12;/h2-4H,5H2,1H3,(H3,11,12);1H. The molecule has 84 valence electrons. The van der Waals surface area contributed by atoms with Gasteiger partial charge in [-0.1, -0.05) is 27.7 Å². The van der Waals surface area contributed by atoms with Crippen molar-refractivity contribution in [3.05, 3.63) is 28.2 Å². The van der Waals surface area contributed by atoms with Crippen LogP contribution in [0.25, 0.3) is 0 Å². The maximum absolute atomic E-state index is 7.11. The highest BCUT2D eigenvalue weighted by Crippen LogP contribution is 2.26. The van der Waals surface area contributed by atoms with Crippen LogP contribution in [0.5, 0.6) is 5.75 Å². The maximum Gasteiger partial charge on any atom is 0.151 e. The van der Waals surface area contributed by atoms with E-state index in [1.54, 1.807) is 7.11 Å². The monoisotopic (exact) mass is 310 g/mol. The molecule has 0 radical (unpaired) electrons. The van der Waals surface area contributed by atoms with Gasteiger partial charge in [0.2, 0.25) is 0 Å². The quantitative estimate of drug-likeness (QED) is 0.666. The zero-order chi connectivity index (χ0) is 10.6. The molecule has 0 unspecified atom stereocenters. The lowest BCUT2D eigenvalue weighted by Gasteiger charge is -2.07. The normalized spacial score (nSPS) is 9.20. The molecule has 1 rings (SSSR count). The summed E-state index contributed by atoms with van der Waals surface area (Å²) in [5.41, 5.74) is 6.29. The van der Waals surface area contributed by atoms with Crippen LogP contribution in [0.2, 0.25) is 0 Å². The number of benzene rings is 1. The molecule has 0 spiro atoms. The SMILES string of the molecule is COc1ccc(Br)cc1CSC(=N)N.Cl. The van der Waals surface area contributed by atoms with Crippen LogP contribution in [-0.4, -0.2) is 12.3 Å². The van der Waals surface area contributed by atoms with Crippen molar-refractivity contribution in [2.24, 2.45) is 5.73 Å². The van der Waals surface area contributed by atoms with Crippen LogP contribution in [0, 0.1) is 5.41 Å². The Hall–Kier alpha value is -0.390. The first-order chi connectivity index (χ1) is 6.63. The van der Waals surface area contributed by atoms with E-state index in [0.717, 1.165) is 15.8 Å². The van der Waals surface area contributed by atoms with Crippen molar-refractivity contribution in [1.82, 2.24) is 0 Å². The maximum atomic E-state index is 7.11. The Morgan fingerprint density at radius 2 is 2.27 bits per heavy atom. The lowest BCUT2D eigenvalue weighted by molar-refractivity contribution is 0.411. The summed E-state index contributed by atoms with van der Waals surface area (Å²) >= 11 is 4.67. The smallest absolute Gasteiger partial charge is 0.151 e. The molecule has 0 atom stereocenters. The second-order valence-corrected chi connectivity index (χ2v) is 4.54. The fraction of sp³-hybridized carbons (Fsp3) is 0.222. The summed E-state index contributed by atoms with van der Waals surface area (Å²) < 4.78 is 6.18. The molecule has 0 saturated heterocycles. The summed E-state index contributed by atoms with van der Waals surface area (Å²) in [5.74, 6) is 1.47. The van der Waals surface area contributed by atoms with E-state index in [1.807, 2.05) is 18.2 Å². The van der Waals surface area contributed by atoms with Gasteiger partial charge in [-0.15, -0.1) is 12.4 Å². The first kappa shape index (κ1) is 14.6. The summed E-state index contributed by atoms with van der Waals surface area (Å²) in [6, 6.07) is 5.77. The molecule has 3 nitrogen and oxygen atoms in total. The van der Waals surface area contributed by atoms with Gasteiger partial charge in [-0.25, -0.2) is 0 Å². The van der Waals surface area contributed by atoms with E-state index in [9.17, 15) is 0 Å². The molecule has 3 N–H and O–H groups in total. The van der Waals surface area contributed by atoms with Crippen molar-refractivity contribution < 1.29 is 4.74 Å². The average molecular weight is 312 g/mol. The van der Waals surface area contributed by atoms with Crippen molar-refractivity contribution in [1.29, 1.82) is 5.41 Å².